The number of rotatable bonds is 12. The number of halogens is 1. The van der Waals surface area contributed by atoms with E-state index in [0.717, 1.165) is 50.1 Å². The van der Waals surface area contributed by atoms with Crippen LogP contribution >= 0.6 is 0 Å². The Bertz CT molecular complexity index is 1160. The number of allylic oxidation sites excluding steroid dienone is 1. The molecule has 6 heteroatoms. The zero-order valence-electron chi connectivity index (χ0n) is 24.2. The van der Waals surface area contributed by atoms with Crippen molar-refractivity contribution < 1.29 is 19.0 Å². The average Bonchev–Trinajstić information content (AvgIpc) is 2.92. The number of aryl methyl sites for hydroxylation is 1. The largest absolute Gasteiger partial charge is 0.508 e. The highest BCUT2D eigenvalue weighted by Crippen LogP contribution is 2.38. The summed E-state index contributed by atoms with van der Waals surface area (Å²) in [5, 5.41) is 9.92. The second-order valence-electron chi connectivity index (χ2n) is 11.3. The fourth-order valence-corrected chi connectivity index (χ4v) is 6.05. The van der Waals surface area contributed by atoms with Crippen LogP contribution in [0.4, 0.5) is 4.39 Å². The summed E-state index contributed by atoms with van der Waals surface area (Å²) in [6.07, 6.45) is 10.7. The molecule has 3 atom stereocenters. The maximum Gasteiger partial charge on any atom is 0.165 e. The Morgan fingerprint density at radius 1 is 1.10 bits per heavy atom. The zero-order chi connectivity index (χ0) is 27.9. The molecular weight excluding hydrogens is 491 g/mol. The summed E-state index contributed by atoms with van der Waals surface area (Å²) < 4.78 is 26.5. The lowest BCUT2D eigenvalue weighted by atomic mass is 9.72. The number of methoxy groups -OCH3 is 1. The van der Waals surface area contributed by atoms with Crippen LogP contribution in [0.15, 0.2) is 60.4 Å². The van der Waals surface area contributed by atoms with Crippen molar-refractivity contribution in [3.05, 3.63) is 82.9 Å². The lowest BCUT2D eigenvalue weighted by Crippen LogP contribution is -2.46. The summed E-state index contributed by atoms with van der Waals surface area (Å²) >= 11 is 0. The summed E-state index contributed by atoms with van der Waals surface area (Å²) in [5.74, 6) is 1.99. The van der Waals surface area contributed by atoms with Gasteiger partial charge in [-0.15, -0.1) is 0 Å². The van der Waals surface area contributed by atoms with Crippen molar-refractivity contribution in [1.29, 1.82) is 0 Å². The maximum absolute atomic E-state index is 15.1. The number of ether oxygens (including phenoxy) is 2. The molecule has 0 aliphatic heterocycles. The number of fused-ring (bicyclic) bond motifs is 1. The van der Waals surface area contributed by atoms with E-state index < -0.39 is 0 Å². The van der Waals surface area contributed by atoms with Gasteiger partial charge in [-0.05, 0) is 118 Å². The molecule has 0 aromatic heterocycles. The monoisotopic (exact) mass is 536 g/mol. The highest BCUT2D eigenvalue weighted by Gasteiger charge is 2.36. The quantitative estimate of drug-likeness (QED) is 0.342. The molecule has 0 saturated heterocycles. The van der Waals surface area contributed by atoms with Crippen LogP contribution in [-0.4, -0.2) is 60.8 Å². The Labute approximate surface area is 233 Å². The first kappa shape index (κ1) is 29.2. The van der Waals surface area contributed by atoms with Gasteiger partial charge in [0.2, 0.25) is 0 Å². The Hall–Kier alpha value is -2.83. The molecule has 212 valence electrons. The van der Waals surface area contributed by atoms with E-state index in [0.29, 0.717) is 36.5 Å². The highest BCUT2D eigenvalue weighted by atomic mass is 19.1. The molecule has 0 heterocycles. The van der Waals surface area contributed by atoms with Crippen LogP contribution in [0.3, 0.4) is 0 Å². The van der Waals surface area contributed by atoms with Crippen molar-refractivity contribution in [3.63, 3.8) is 0 Å². The Balaban J connectivity index is 1.50. The molecule has 2 aromatic carbocycles. The number of nitrogens with zero attached hydrogens (tertiary/aromatic N) is 2. The van der Waals surface area contributed by atoms with Crippen LogP contribution in [0, 0.1) is 17.7 Å². The van der Waals surface area contributed by atoms with Gasteiger partial charge in [-0.2, -0.15) is 0 Å². The third-order valence-corrected chi connectivity index (χ3v) is 8.19. The van der Waals surface area contributed by atoms with Crippen LogP contribution in [0.2, 0.25) is 0 Å². The first-order valence-electron chi connectivity index (χ1n) is 14.4. The molecule has 2 unspecified atom stereocenters. The summed E-state index contributed by atoms with van der Waals surface area (Å²) in [6, 6.07) is 11.5. The molecule has 2 aromatic rings. The molecule has 4 rings (SSSR count). The van der Waals surface area contributed by atoms with Crippen molar-refractivity contribution in [2.45, 2.75) is 65.1 Å². The molecule has 0 radical (unpaired) electrons. The van der Waals surface area contributed by atoms with Gasteiger partial charge < -0.3 is 19.5 Å². The van der Waals surface area contributed by atoms with E-state index in [-0.39, 0.29) is 17.9 Å². The Morgan fingerprint density at radius 3 is 2.64 bits per heavy atom. The van der Waals surface area contributed by atoms with E-state index in [1.807, 2.05) is 12.1 Å². The fraction of sp³-hybridized carbons (Fsp3) is 0.515. The molecule has 0 saturated carbocycles. The minimum absolute atomic E-state index is 0.127. The van der Waals surface area contributed by atoms with Gasteiger partial charge in [0.05, 0.1) is 7.11 Å². The number of phenolic OH excluding ortho intramolecular Hbond substituents is 1. The zero-order valence-corrected chi connectivity index (χ0v) is 24.2. The van der Waals surface area contributed by atoms with E-state index in [2.05, 4.69) is 61.9 Å². The molecular formula is C33H45FN2O3. The number of benzene rings is 2. The van der Waals surface area contributed by atoms with Gasteiger partial charge in [0, 0.05) is 25.2 Å². The first-order chi connectivity index (χ1) is 18.8. The number of likely N-dealkylation sites (N-methyl/N-ethyl adjacent to an activating group) is 1. The van der Waals surface area contributed by atoms with E-state index in [1.165, 1.54) is 11.1 Å². The number of aromatic hydroxyl groups is 1. The molecule has 0 bridgehead atoms. The third-order valence-electron chi connectivity index (χ3n) is 8.19. The van der Waals surface area contributed by atoms with Crippen molar-refractivity contribution in [2.75, 3.05) is 33.9 Å². The van der Waals surface area contributed by atoms with Crippen molar-refractivity contribution in [1.82, 2.24) is 9.80 Å². The smallest absolute Gasteiger partial charge is 0.165 e. The maximum atomic E-state index is 15.1. The Kier molecular flexibility index (Phi) is 10.1. The molecule has 2 aliphatic rings. The van der Waals surface area contributed by atoms with Gasteiger partial charge in [-0.1, -0.05) is 25.1 Å². The van der Waals surface area contributed by atoms with Crippen LogP contribution in [0.1, 0.15) is 50.3 Å². The molecule has 5 nitrogen and oxygen atoms in total. The van der Waals surface area contributed by atoms with Crippen molar-refractivity contribution in [2.24, 2.45) is 11.8 Å². The average molecular weight is 537 g/mol. The summed E-state index contributed by atoms with van der Waals surface area (Å²) in [6.45, 7) is 9.43. The second-order valence-corrected chi connectivity index (χ2v) is 11.3. The molecule has 1 N–H and O–H groups in total. The van der Waals surface area contributed by atoms with E-state index in [9.17, 15) is 5.11 Å². The minimum atomic E-state index is -0.310. The van der Waals surface area contributed by atoms with Gasteiger partial charge >= 0.3 is 0 Å². The summed E-state index contributed by atoms with van der Waals surface area (Å²) in [5.41, 5.74) is 3.51. The lowest BCUT2D eigenvalue weighted by Gasteiger charge is -2.43. The molecule has 0 amide bonds. The van der Waals surface area contributed by atoms with Crippen LogP contribution in [0.25, 0.3) is 0 Å². The standard InChI is InChI=1S/C33H45FN2O3/c1-6-15-35(4)16-17-39-33-14-7-24(18-31(33)34)22-36(23(2)3)32-21-29(38-5)12-13-30(32)27-9-8-26-20-28(37)11-10-25(26)19-27/h7,10-14,18,20-21,23,27,30,32,37H,6,8-9,15-17,19,22H2,1-5H3/t27-,30?,32?/m1/s1. The number of hydrogen-bond acceptors (Lipinski definition) is 5. The highest BCUT2D eigenvalue weighted by molar-refractivity contribution is 5.37. The molecule has 0 fully saturated rings. The van der Waals surface area contributed by atoms with Crippen LogP contribution in [-0.2, 0) is 24.1 Å². The predicted octanol–water partition coefficient (Wildman–Crippen LogP) is 6.35. The van der Waals surface area contributed by atoms with Crippen molar-refractivity contribution >= 4 is 0 Å². The number of phenols is 1. The summed E-state index contributed by atoms with van der Waals surface area (Å²) in [4.78, 5) is 4.65. The topological polar surface area (TPSA) is 45.2 Å². The summed E-state index contributed by atoms with van der Waals surface area (Å²) in [7, 11) is 3.77. The second kappa shape index (κ2) is 13.5. The van der Waals surface area contributed by atoms with E-state index in [1.54, 1.807) is 25.3 Å². The van der Waals surface area contributed by atoms with Crippen LogP contribution in [0.5, 0.6) is 11.5 Å². The lowest BCUT2D eigenvalue weighted by molar-refractivity contribution is 0.110. The fourth-order valence-electron chi connectivity index (χ4n) is 6.05. The van der Waals surface area contributed by atoms with E-state index >= 15 is 4.39 Å². The number of hydrogen-bond donors (Lipinski definition) is 1. The van der Waals surface area contributed by atoms with Crippen molar-refractivity contribution in [3.8, 4) is 11.5 Å². The minimum Gasteiger partial charge on any atom is -0.508 e. The first-order valence-corrected chi connectivity index (χ1v) is 14.4. The SMILES string of the molecule is CCCN(C)CCOc1ccc(CN(C(C)C)C2C=C(OC)C=CC2[C@@H]2CCc3cc(O)ccc3C2)cc1F. The van der Waals surface area contributed by atoms with Gasteiger partial charge in [0.25, 0.3) is 0 Å². The molecule has 39 heavy (non-hydrogen) atoms. The van der Waals surface area contributed by atoms with Gasteiger partial charge in [0.1, 0.15) is 18.1 Å². The van der Waals surface area contributed by atoms with E-state index in [4.69, 9.17) is 9.47 Å². The Morgan fingerprint density at radius 2 is 1.92 bits per heavy atom. The predicted molar refractivity (Wildman–Crippen MR) is 155 cm³/mol. The van der Waals surface area contributed by atoms with Gasteiger partial charge in [-0.25, -0.2) is 4.39 Å². The van der Waals surface area contributed by atoms with Gasteiger partial charge in [-0.3, -0.25) is 4.90 Å². The normalized spacial score (nSPS) is 20.8. The van der Waals surface area contributed by atoms with Crippen LogP contribution < -0.4 is 4.74 Å². The van der Waals surface area contributed by atoms with Gasteiger partial charge in [0.15, 0.2) is 11.6 Å². The third kappa shape index (κ3) is 7.43. The molecule has 2 aliphatic carbocycles. The molecule has 0 spiro atoms.